The van der Waals surface area contributed by atoms with Gasteiger partial charge in [-0.15, -0.1) is 0 Å². The second-order valence-corrected chi connectivity index (χ2v) is 4.29. The highest BCUT2D eigenvalue weighted by Gasteiger charge is 2.39. The minimum atomic E-state index is -0.996. The number of carbonyl (C=O) groups is 2. The van der Waals surface area contributed by atoms with Crippen molar-refractivity contribution in [3.63, 3.8) is 0 Å². The minimum absolute atomic E-state index is 0.183. The molecule has 0 amide bonds. The van der Waals surface area contributed by atoms with Crippen molar-refractivity contribution in [3.05, 3.63) is 29.3 Å². The number of hydrogen-bond donors (Lipinski definition) is 4. The van der Waals surface area contributed by atoms with Crippen LogP contribution in [0.1, 0.15) is 15.9 Å². The monoisotopic (exact) mass is 266 g/mol. The third-order valence-corrected chi connectivity index (χ3v) is 2.58. The second kappa shape index (κ2) is 5.25. The summed E-state index contributed by atoms with van der Waals surface area (Å²) in [6.07, 6.45) is -0.715. The highest BCUT2D eigenvalue weighted by molar-refractivity contribution is 5.89. The number of anilines is 1. The van der Waals surface area contributed by atoms with E-state index < -0.39 is 11.9 Å². The molecule has 1 heterocycles. The zero-order valence-electron chi connectivity index (χ0n) is 10.2. The molecule has 0 spiro atoms. The van der Waals surface area contributed by atoms with Crippen LogP contribution in [0.5, 0.6) is 0 Å². The quantitative estimate of drug-likeness (QED) is 0.553. The molecule has 4 N–H and O–H groups in total. The van der Waals surface area contributed by atoms with Gasteiger partial charge in [-0.05, 0) is 30.7 Å². The largest absolute Gasteiger partial charge is 0.480 e. The molecule has 0 bridgehead atoms. The van der Waals surface area contributed by atoms with E-state index in [1.165, 1.54) is 6.07 Å². The standard InChI is InChI=1S/C12H14N2O5/c1-6-2-7(12(17)18)4-8(3-6)14-11-10(19-11)13-5-9(15)16/h2-4,10-11,13-14H,5H2,1H3,(H,15,16)(H,17,18). The van der Waals surface area contributed by atoms with E-state index in [1.807, 2.05) is 0 Å². The van der Waals surface area contributed by atoms with Gasteiger partial charge < -0.3 is 20.3 Å². The lowest BCUT2D eigenvalue weighted by Gasteiger charge is -2.06. The Labute approximate surface area is 109 Å². The van der Waals surface area contributed by atoms with Crippen molar-refractivity contribution < 1.29 is 24.5 Å². The van der Waals surface area contributed by atoms with E-state index in [-0.39, 0.29) is 24.6 Å². The van der Waals surface area contributed by atoms with Crippen molar-refractivity contribution in [3.8, 4) is 0 Å². The van der Waals surface area contributed by atoms with E-state index in [1.54, 1.807) is 19.1 Å². The SMILES string of the molecule is Cc1cc(NC2OC2NCC(=O)O)cc(C(=O)O)c1. The highest BCUT2D eigenvalue weighted by atomic mass is 16.6. The molecule has 1 saturated heterocycles. The summed E-state index contributed by atoms with van der Waals surface area (Å²) in [7, 11) is 0. The fourth-order valence-electron chi connectivity index (χ4n) is 1.72. The van der Waals surface area contributed by atoms with Crippen LogP contribution in [0.15, 0.2) is 18.2 Å². The highest BCUT2D eigenvalue weighted by Crippen LogP contribution is 2.23. The minimum Gasteiger partial charge on any atom is -0.480 e. The van der Waals surface area contributed by atoms with Gasteiger partial charge in [-0.25, -0.2) is 4.79 Å². The Kier molecular flexibility index (Phi) is 3.68. The third kappa shape index (κ3) is 3.67. The van der Waals surface area contributed by atoms with Crippen LogP contribution in [0.2, 0.25) is 0 Å². The molecule has 0 saturated carbocycles. The molecule has 19 heavy (non-hydrogen) atoms. The number of epoxide rings is 1. The molecule has 1 aromatic carbocycles. The third-order valence-electron chi connectivity index (χ3n) is 2.58. The van der Waals surface area contributed by atoms with Crippen molar-refractivity contribution in [1.82, 2.24) is 5.32 Å². The van der Waals surface area contributed by atoms with Crippen LogP contribution in [0, 0.1) is 6.92 Å². The van der Waals surface area contributed by atoms with Gasteiger partial charge >= 0.3 is 11.9 Å². The number of carboxylic acid groups (broad SMARTS) is 2. The Morgan fingerprint density at radius 3 is 2.63 bits per heavy atom. The smallest absolute Gasteiger partial charge is 0.335 e. The van der Waals surface area contributed by atoms with Crippen LogP contribution in [-0.2, 0) is 9.53 Å². The van der Waals surface area contributed by atoms with Crippen LogP contribution in [0.3, 0.4) is 0 Å². The van der Waals surface area contributed by atoms with Gasteiger partial charge in [0, 0.05) is 5.69 Å². The van der Waals surface area contributed by atoms with E-state index in [2.05, 4.69) is 10.6 Å². The number of rotatable bonds is 6. The molecule has 1 aliphatic rings. The Hall–Kier alpha value is -2.12. The van der Waals surface area contributed by atoms with Crippen molar-refractivity contribution in [2.24, 2.45) is 0 Å². The van der Waals surface area contributed by atoms with Gasteiger partial charge in [0.15, 0.2) is 12.5 Å². The molecule has 2 rings (SSSR count). The Morgan fingerprint density at radius 2 is 2.00 bits per heavy atom. The summed E-state index contributed by atoms with van der Waals surface area (Å²) in [5.74, 6) is -1.96. The first-order valence-electron chi connectivity index (χ1n) is 5.68. The van der Waals surface area contributed by atoms with E-state index in [0.717, 1.165) is 5.56 Å². The first-order valence-corrected chi connectivity index (χ1v) is 5.68. The van der Waals surface area contributed by atoms with Gasteiger partial charge in [-0.1, -0.05) is 0 Å². The first-order chi connectivity index (χ1) is 8.95. The molecule has 1 fully saturated rings. The molecule has 102 valence electrons. The topological polar surface area (TPSA) is 111 Å². The molecule has 1 aromatic rings. The molecule has 0 radical (unpaired) electrons. The summed E-state index contributed by atoms with van der Waals surface area (Å²) in [5, 5.41) is 23.1. The van der Waals surface area contributed by atoms with Gasteiger partial charge in [0.05, 0.1) is 12.1 Å². The zero-order valence-corrected chi connectivity index (χ0v) is 10.2. The summed E-state index contributed by atoms with van der Waals surface area (Å²) in [6, 6.07) is 4.87. The lowest BCUT2D eigenvalue weighted by molar-refractivity contribution is -0.136. The number of hydrogen-bond acceptors (Lipinski definition) is 5. The molecule has 7 heteroatoms. The Bertz CT molecular complexity index is 517. The number of carboxylic acids is 2. The summed E-state index contributed by atoms with van der Waals surface area (Å²) in [4.78, 5) is 21.3. The predicted octanol–water partition coefficient (Wildman–Crippen LogP) is 0.462. The molecule has 2 unspecified atom stereocenters. The molecule has 2 atom stereocenters. The number of aliphatic carboxylic acids is 1. The Balaban J connectivity index is 1.94. The number of nitrogens with one attached hydrogen (secondary N) is 2. The zero-order chi connectivity index (χ0) is 14.0. The molecule has 1 aliphatic heterocycles. The molecule has 7 nitrogen and oxygen atoms in total. The maximum Gasteiger partial charge on any atom is 0.335 e. The van der Waals surface area contributed by atoms with Crippen molar-refractivity contribution in [2.45, 2.75) is 19.4 Å². The van der Waals surface area contributed by atoms with E-state index in [4.69, 9.17) is 14.9 Å². The molecular weight excluding hydrogens is 252 g/mol. The normalized spacial score (nSPS) is 20.9. The van der Waals surface area contributed by atoms with E-state index >= 15 is 0 Å². The fraction of sp³-hybridized carbons (Fsp3) is 0.333. The average Bonchev–Trinajstić information content (AvgIpc) is 3.04. The van der Waals surface area contributed by atoms with Crippen LogP contribution in [0.4, 0.5) is 5.69 Å². The predicted molar refractivity (Wildman–Crippen MR) is 66.1 cm³/mol. The summed E-state index contributed by atoms with van der Waals surface area (Å²) in [6.45, 7) is 1.61. The number of ether oxygens (including phenoxy) is 1. The second-order valence-electron chi connectivity index (χ2n) is 4.29. The maximum absolute atomic E-state index is 10.9. The molecular formula is C12H14N2O5. The summed E-state index contributed by atoms with van der Waals surface area (Å²) >= 11 is 0. The van der Waals surface area contributed by atoms with Crippen LogP contribution in [0.25, 0.3) is 0 Å². The maximum atomic E-state index is 10.9. The van der Waals surface area contributed by atoms with Crippen molar-refractivity contribution >= 4 is 17.6 Å². The summed E-state index contributed by atoms with van der Waals surface area (Å²) < 4.78 is 5.18. The van der Waals surface area contributed by atoms with Gasteiger partial charge in [-0.2, -0.15) is 0 Å². The average molecular weight is 266 g/mol. The lowest BCUT2D eigenvalue weighted by Crippen LogP contribution is -2.28. The van der Waals surface area contributed by atoms with Gasteiger partial charge in [0.2, 0.25) is 0 Å². The van der Waals surface area contributed by atoms with Crippen molar-refractivity contribution in [2.75, 3.05) is 11.9 Å². The molecule has 0 aromatic heterocycles. The lowest BCUT2D eigenvalue weighted by atomic mass is 10.1. The number of benzene rings is 1. The van der Waals surface area contributed by atoms with Gasteiger partial charge in [0.25, 0.3) is 0 Å². The van der Waals surface area contributed by atoms with Crippen LogP contribution < -0.4 is 10.6 Å². The number of aryl methyl sites for hydroxylation is 1. The van der Waals surface area contributed by atoms with Crippen LogP contribution >= 0.6 is 0 Å². The molecule has 0 aliphatic carbocycles. The van der Waals surface area contributed by atoms with Crippen molar-refractivity contribution in [1.29, 1.82) is 0 Å². The van der Waals surface area contributed by atoms with E-state index in [0.29, 0.717) is 5.69 Å². The number of aromatic carboxylic acids is 1. The fourth-order valence-corrected chi connectivity index (χ4v) is 1.72. The van der Waals surface area contributed by atoms with Crippen LogP contribution in [-0.4, -0.2) is 41.2 Å². The van der Waals surface area contributed by atoms with E-state index in [9.17, 15) is 9.59 Å². The first kappa shape index (κ1) is 13.3. The summed E-state index contributed by atoms with van der Waals surface area (Å²) in [5.41, 5.74) is 1.64. The van der Waals surface area contributed by atoms with Gasteiger partial charge in [-0.3, -0.25) is 10.1 Å². The van der Waals surface area contributed by atoms with Gasteiger partial charge in [0.1, 0.15) is 0 Å². The Morgan fingerprint density at radius 1 is 1.26 bits per heavy atom.